The summed E-state index contributed by atoms with van der Waals surface area (Å²) in [5.41, 5.74) is 7.25. The lowest BCUT2D eigenvalue weighted by atomic mass is 10.2. The van der Waals surface area contributed by atoms with Crippen LogP contribution in [0.2, 0.25) is 0 Å². The van der Waals surface area contributed by atoms with E-state index in [1.54, 1.807) is 6.07 Å². The van der Waals surface area contributed by atoms with Crippen LogP contribution < -0.4 is 10.5 Å². The number of aromatic nitrogens is 2. The number of hydrogen-bond donors (Lipinski definition) is 1. The topological polar surface area (TPSA) is 74.2 Å². The number of nitrogens with two attached hydrogens (primary N) is 1. The second-order valence-corrected chi connectivity index (χ2v) is 4.51. The molecule has 3 aromatic rings. The highest BCUT2D eigenvalue weighted by Crippen LogP contribution is 2.23. The Hall–Kier alpha value is -2.82. The Balaban J connectivity index is 1.62. The fraction of sp³-hybridized carbons (Fsp3) is 0.125. The number of ether oxygens (including phenoxy) is 1. The number of nitrogen functional groups attached to an aromatic ring is 1. The van der Waals surface area contributed by atoms with E-state index in [2.05, 4.69) is 10.1 Å². The first kappa shape index (κ1) is 13.2. The molecule has 0 aliphatic rings. The fourth-order valence-corrected chi connectivity index (χ4v) is 1.93. The molecule has 0 saturated carbocycles. The molecule has 5 heteroatoms. The molecule has 2 N–H and O–H groups in total. The maximum Gasteiger partial charge on any atom is 0.260 e. The number of para-hydroxylation sites is 2. The van der Waals surface area contributed by atoms with Crippen molar-refractivity contribution in [1.82, 2.24) is 10.1 Å². The summed E-state index contributed by atoms with van der Waals surface area (Å²) in [7, 11) is 0. The Kier molecular flexibility index (Phi) is 3.82. The van der Waals surface area contributed by atoms with Crippen molar-refractivity contribution in [3.8, 4) is 17.2 Å². The van der Waals surface area contributed by atoms with E-state index in [0.717, 1.165) is 11.3 Å². The molecule has 1 heterocycles. The Morgan fingerprint density at radius 3 is 2.57 bits per heavy atom. The molecular formula is C16H15N3O2. The lowest BCUT2D eigenvalue weighted by molar-refractivity contribution is 0.315. The van der Waals surface area contributed by atoms with Gasteiger partial charge in [-0.15, -0.1) is 0 Å². The first-order chi connectivity index (χ1) is 10.3. The van der Waals surface area contributed by atoms with Gasteiger partial charge in [-0.1, -0.05) is 35.5 Å². The van der Waals surface area contributed by atoms with Crippen molar-refractivity contribution in [2.45, 2.75) is 6.42 Å². The molecule has 0 spiro atoms. The first-order valence-electron chi connectivity index (χ1n) is 6.68. The number of rotatable bonds is 5. The van der Waals surface area contributed by atoms with Crippen molar-refractivity contribution in [2.24, 2.45) is 0 Å². The normalized spacial score (nSPS) is 10.5. The van der Waals surface area contributed by atoms with E-state index >= 15 is 0 Å². The van der Waals surface area contributed by atoms with E-state index in [1.807, 2.05) is 48.5 Å². The van der Waals surface area contributed by atoms with Gasteiger partial charge in [0.15, 0.2) is 5.82 Å². The van der Waals surface area contributed by atoms with Gasteiger partial charge in [-0.3, -0.25) is 0 Å². The summed E-state index contributed by atoms with van der Waals surface area (Å²) in [6.45, 7) is 0.493. The van der Waals surface area contributed by atoms with Crippen LogP contribution in [0.5, 0.6) is 5.75 Å². The molecule has 2 aromatic carbocycles. The summed E-state index contributed by atoms with van der Waals surface area (Å²) in [4.78, 5) is 4.33. The second-order valence-electron chi connectivity index (χ2n) is 4.51. The zero-order chi connectivity index (χ0) is 14.5. The smallest absolute Gasteiger partial charge is 0.260 e. The third-order valence-corrected chi connectivity index (χ3v) is 3.00. The molecule has 1 aromatic heterocycles. The molecule has 3 rings (SSSR count). The van der Waals surface area contributed by atoms with Crippen molar-refractivity contribution in [1.29, 1.82) is 0 Å². The molecule has 0 atom stereocenters. The highest BCUT2D eigenvalue weighted by molar-refractivity contribution is 5.69. The fourth-order valence-electron chi connectivity index (χ4n) is 1.93. The Morgan fingerprint density at radius 2 is 1.76 bits per heavy atom. The van der Waals surface area contributed by atoms with Gasteiger partial charge in [-0.05, 0) is 24.3 Å². The maximum absolute atomic E-state index is 5.89. The molecule has 21 heavy (non-hydrogen) atoms. The van der Waals surface area contributed by atoms with Crippen LogP contribution in [0, 0.1) is 0 Å². The summed E-state index contributed by atoms with van der Waals surface area (Å²) in [5.74, 6) is 1.86. The Bertz CT molecular complexity index is 710. The number of hydrogen-bond acceptors (Lipinski definition) is 5. The monoisotopic (exact) mass is 281 g/mol. The molecule has 0 saturated heterocycles. The van der Waals surface area contributed by atoms with Gasteiger partial charge in [0.1, 0.15) is 5.75 Å². The van der Waals surface area contributed by atoms with Crippen molar-refractivity contribution in [2.75, 3.05) is 12.3 Å². The molecule has 5 nitrogen and oxygen atoms in total. The molecule has 0 amide bonds. The van der Waals surface area contributed by atoms with E-state index in [-0.39, 0.29) is 0 Å². The minimum atomic E-state index is 0.433. The summed E-state index contributed by atoms with van der Waals surface area (Å²) in [5, 5.41) is 3.94. The van der Waals surface area contributed by atoms with Crippen LogP contribution in [0.25, 0.3) is 11.5 Å². The second kappa shape index (κ2) is 6.09. The highest BCUT2D eigenvalue weighted by Gasteiger charge is 2.11. The minimum absolute atomic E-state index is 0.433. The van der Waals surface area contributed by atoms with Gasteiger partial charge in [0.25, 0.3) is 5.89 Å². The molecule has 0 aliphatic carbocycles. The Morgan fingerprint density at radius 1 is 1.00 bits per heavy atom. The van der Waals surface area contributed by atoms with Gasteiger partial charge in [-0.2, -0.15) is 4.98 Å². The lowest BCUT2D eigenvalue weighted by Crippen LogP contribution is -2.02. The quantitative estimate of drug-likeness (QED) is 0.728. The van der Waals surface area contributed by atoms with E-state index in [1.165, 1.54) is 0 Å². The average Bonchev–Trinajstić information content (AvgIpc) is 2.97. The Labute approximate surface area is 122 Å². The van der Waals surface area contributed by atoms with Gasteiger partial charge in [-0.25, -0.2) is 0 Å². The number of anilines is 1. The van der Waals surface area contributed by atoms with Crippen molar-refractivity contribution < 1.29 is 9.26 Å². The number of benzene rings is 2. The van der Waals surface area contributed by atoms with Crippen LogP contribution in [0.15, 0.2) is 59.1 Å². The van der Waals surface area contributed by atoms with E-state index in [4.69, 9.17) is 15.0 Å². The zero-order valence-electron chi connectivity index (χ0n) is 11.4. The van der Waals surface area contributed by atoms with Crippen LogP contribution >= 0.6 is 0 Å². The predicted octanol–water partition coefficient (Wildman–Crippen LogP) is 2.94. The third kappa shape index (κ3) is 3.20. The van der Waals surface area contributed by atoms with Crippen LogP contribution in [0.3, 0.4) is 0 Å². The van der Waals surface area contributed by atoms with Gasteiger partial charge < -0.3 is 15.0 Å². The van der Waals surface area contributed by atoms with Crippen LogP contribution in [0.1, 0.15) is 5.82 Å². The van der Waals surface area contributed by atoms with Gasteiger partial charge in [0, 0.05) is 12.1 Å². The molecular weight excluding hydrogens is 266 g/mol. The minimum Gasteiger partial charge on any atom is -0.493 e. The van der Waals surface area contributed by atoms with E-state index < -0.39 is 0 Å². The van der Waals surface area contributed by atoms with Gasteiger partial charge in [0.2, 0.25) is 0 Å². The lowest BCUT2D eigenvalue weighted by Gasteiger charge is -2.02. The maximum atomic E-state index is 5.89. The standard InChI is InChI=1S/C16H15N3O2/c17-14-9-5-4-8-13(14)16-18-15(19-21-16)10-11-20-12-6-2-1-3-7-12/h1-9H,10-11,17H2. The first-order valence-corrected chi connectivity index (χ1v) is 6.68. The summed E-state index contributed by atoms with van der Waals surface area (Å²) in [6.07, 6.45) is 0.575. The van der Waals surface area contributed by atoms with Crippen LogP contribution in [-0.2, 0) is 6.42 Å². The van der Waals surface area contributed by atoms with Gasteiger partial charge in [0.05, 0.1) is 12.2 Å². The molecule has 0 aliphatic heterocycles. The molecule has 0 radical (unpaired) electrons. The van der Waals surface area contributed by atoms with Crippen LogP contribution in [0.4, 0.5) is 5.69 Å². The van der Waals surface area contributed by atoms with Crippen LogP contribution in [-0.4, -0.2) is 16.7 Å². The molecule has 0 fully saturated rings. The number of nitrogens with zero attached hydrogens (tertiary/aromatic N) is 2. The molecule has 106 valence electrons. The SMILES string of the molecule is Nc1ccccc1-c1nc(CCOc2ccccc2)no1. The molecule has 0 unspecified atom stereocenters. The van der Waals surface area contributed by atoms with E-state index in [9.17, 15) is 0 Å². The molecule has 0 bridgehead atoms. The van der Waals surface area contributed by atoms with E-state index in [0.29, 0.717) is 30.4 Å². The summed E-state index contributed by atoms with van der Waals surface area (Å²) < 4.78 is 10.8. The largest absolute Gasteiger partial charge is 0.493 e. The zero-order valence-corrected chi connectivity index (χ0v) is 11.4. The third-order valence-electron chi connectivity index (χ3n) is 3.00. The average molecular weight is 281 g/mol. The van der Waals surface area contributed by atoms with Gasteiger partial charge >= 0.3 is 0 Å². The summed E-state index contributed by atoms with van der Waals surface area (Å²) in [6, 6.07) is 17.0. The predicted molar refractivity (Wildman–Crippen MR) is 79.8 cm³/mol. The van der Waals surface area contributed by atoms with Crippen molar-refractivity contribution in [3.63, 3.8) is 0 Å². The van der Waals surface area contributed by atoms with Crippen molar-refractivity contribution >= 4 is 5.69 Å². The highest BCUT2D eigenvalue weighted by atomic mass is 16.5. The van der Waals surface area contributed by atoms with Crippen molar-refractivity contribution in [3.05, 3.63) is 60.4 Å². The summed E-state index contributed by atoms with van der Waals surface area (Å²) >= 11 is 0.